The van der Waals surface area contributed by atoms with Crippen LogP contribution in [0.3, 0.4) is 0 Å². The Hall–Kier alpha value is -2.45. The third-order valence-electron chi connectivity index (χ3n) is 6.22. The van der Waals surface area contributed by atoms with Crippen molar-refractivity contribution >= 4 is 17.7 Å². The van der Waals surface area contributed by atoms with Crippen LogP contribution >= 0.6 is 0 Å². The lowest BCUT2D eigenvalue weighted by molar-refractivity contribution is -0.151. The normalized spacial score (nSPS) is 22.6. The van der Waals surface area contributed by atoms with Crippen molar-refractivity contribution in [2.75, 3.05) is 32.8 Å². The molecule has 2 N–H and O–H groups in total. The number of benzene rings is 1. The zero-order valence-electron chi connectivity index (χ0n) is 18.4. The Morgan fingerprint density at radius 3 is 2.45 bits per heavy atom. The molecule has 2 saturated heterocycles. The van der Waals surface area contributed by atoms with Gasteiger partial charge in [0, 0.05) is 32.5 Å². The Bertz CT molecular complexity index is 779. The molecule has 8 nitrogen and oxygen atoms in total. The van der Waals surface area contributed by atoms with Gasteiger partial charge in [0.2, 0.25) is 17.7 Å². The number of carbonyl (C=O) groups excluding carboxylic acids is 3. The van der Waals surface area contributed by atoms with Crippen molar-refractivity contribution in [1.82, 2.24) is 15.3 Å². The number of hydrogen-bond donors (Lipinski definition) is 2. The number of rotatable bonds is 8. The highest BCUT2D eigenvalue weighted by atomic mass is 16.5. The Morgan fingerprint density at radius 2 is 1.84 bits per heavy atom. The van der Waals surface area contributed by atoms with E-state index < -0.39 is 17.4 Å². The van der Waals surface area contributed by atoms with Crippen LogP contribution in [0.4, 0.5) is 0 Å². The van der Waals surface area contributed by atoms with Crippen molar-refractivity contribution in [2.45, 2.75) is 45.6 Å². The molecule has 0 unspecified atom stereocenters. The summed E-state index contributed by atoms with van der Waals surface area (Å²) in [6.45, 7) is 6.44. The van der Waals surface area contributed by atoms with Crippen LogP contribution in [0.1, 0.15) is 38.7 Å². The minimum absolute atomic E-state index is 0.0764. The average Bonchev–Trinajstić information content (AvgIpc) is 3.07. The molecule has 0 aromatic heterocycles. The third-order valence-corrected chi connectivity index (χ3v) is 6.22. The molecule has 2 aliphatic rings. The lowest BCUT2D eigenvalue weighted by Crippen LogP contribution is -2.54. The van der Waals surface area contributed by atoms with Gasteiger partial charge in [-0.3, -0.25) is 19.6 Å². The first-order valence-electron chi connectivity index (χ1n) is 11.0. The summed E-state index contributed by atoms with van der Waals surface area (Å²) in [6, 6.07) is 9.06. The van der Waals surface area contributed by atoms with E-state index in [1.807, 2.05) is 44.2 Å². The Labute approximate surface area is 183 Å². The number of hydrogen-bond acceptors (Lipinski definition) is 5. The Kier molecular flexibility index (Phi) is 7.67. The molecular formula is C23H33N3O5. The summed E-state index contributed by atoms with van der Waals surface area (Å²) in [7, 11) is 0. The van der Waals surface area contributed by atoms with Crippen molar-refractivity contribution in [3.8, 4) is 0 Å². The number of nitrogens with one attached hydrogen (secondary N) is 1. The first-order chi connectivity index (χ1) is 14.9. The SMILES string of the molecule is CC(C)C[C@@]1(CC(=O)NO)CCN([C@@H](Cc2ccccc2)C(=O)N2CCOCC2)C1=O. The third kappa shape index (κ3) is 5.43. The van der Waals surface area contributed by atoms with Gasteiger partial charge in [-0.15, -0.1) is 0 Å². The molecule has 1 aromatic rings. The highest BCUT2D eigenvalue weighted by Gasteiger charge is 2.51. The average molecular weight is 432 g/mol. The molecule has 3 rings (SSSR count). The molecule has 1 aromatic carbocycles. The lowest BCUT2D eigenvalue weighted by atomic mass is 9.75. The van der Waals surface area contributed by atoms with E-state index in [1.54, 1.807) is 15.3 Å². The summed E-state index contributed by atoms with van der Waals surface area (Å²) in [6.07, 6.45) is 1.35. The lowest BCUT2D eigenvalue weighted by Gasteiger charge is -2.36. The maximum Gasteiger partial charge on any atom is 0.245 e. The standard InChI is InChI=1S/C23H33N3O5/c1-17(2)15-23(16-20(27)24-30)8-9-26(22(23)29)19(14-18-6-4-3-5-7-18)21(28)25-10-12-31-13-11-25/h3-7,17,19,30H,8-16H2,1-2H3,(H,24,27)/t19-,23+/m0/s1. The Balaban J connectivity index is 1.89. The second kappa shape index (κ2) is 10.2. The van der Waals surface area contributed by atoms with E-state index in [0.29, 0.717) is 52.1 Å². The number of carbonyl (C=O) groups is 3. The second-order valence-corrected chi connectivity index (χ2v) is 8.98. The summed E-state index contributed by atoms with van der Waals surface area (Å²) >= 11 is 0. The molecular weight excluding hydrogens is 398 g/mol. The van der Waals surface area contributed by atoms with Crippen LogP contribution in [0.2, 0.25) is 0 Å². The molecule has 0 spiro atoms. The van der Waals surface area contributed by atoms with Crippen LogP contribution in [0, 0.1) is 11.3 Å². The first kappa shape index (κ1) is 23.2. The summed E-state index contributed by atoms with van der Waals surface area (Å²) in [4.78, 5) is 42.7. The van der Waals surface area contributed by atoms with Crippen LogP contribution < -0.4 is 5.48 Å². The van der Waals surface area contributed by atoms with Gasteiger partial charge in [-0.25, -0.2) is 5.48 Å². The van der Waals surface area contributed by atoms with E-state index in [4.69, 9.17) is 9.94 Å². The van der Waals surface area contributed by atoms with E-state index in [9.17, 15) is 14.4 Å². The summed E-state index contributed by atoms with van der Waals surface area (Å²) < 4.78 is 5.38. The fourth-order valence-corrected chi connectivity index (χ4v) is 4.86. The predicted octanol–water partition coefficient (Wildman–Crippen LogP) is 1.62. The number of nitrogens with zero attached hydrogens (tertiary/aromatic N) is 2. The number of likely N-dealkylation sites (tertiary alicyclic amines) is 1. The molecule has 3 amide bonds. The van der Waals surface area contributed by atoms with E-state index in [2.05, 4.69) is 0 Å². The highest BCUT2D eigenvalue weighted by Crippen LogP contribution is 2.42. The number of morpholine rings is 1. The fraction of sp³-hybridized carbons (Fsp3) is 0.609. The quantitative estimate of drug-likeness (QED) is 0.481. The van der Waals surface area contributed by atoms with Gasteiger partial charge in [-0.05, 0) is 24.3 Å². The molecule has 0 aliphatic carbocycles. The first-order valence-corrected chi connectivity index (χ1v) is 11.0. The molecule has 2 heterocycles. The minimum Gasteiger partial charge on any atom is -0.378 e. The topological polar surface area (TPSA) is 99.2 Å². The van der Waals surface area contributed by atoms with Crippen molar-refractivity contribution < 1.29 is 24.3 Å². The summed E-state index contributed by atoms with van der Waals surface area (Å²) in [5.74, 6) is -0.632. The second-order valence-electron chi connectivity index (χ2n) is 8.98. The zero-order chi connectivity index (χ0) is 22.4. The van der Waals surface area contributed by atoms with Crippen molar-refractivity contribution in [3.05, 3.63) is 35.9 Å². The largest absolute Gasteiger partial charge is 0.378 e. The van der Waals surface area contributed by atoms with Gasteiger partial charge in [-0.2, -0.15) is 0 Å². The van der Waals surface area contributed by atoms with Crippen LogP contribution in [0.25, 0.3) is 0 Å². The van der Waals surface area contributed by atoms with Gasteiger partial charge in [0.05, 0.1) is 18.6 Å². The van der Waals surface area contributed by atoms with Crippen LogP contribution in [0.5, 0.6) is 0 Å². The van der Waals surface area contributed by atoms with Gasteiger partial charge >= 0.3 is 0 Å². The molecule has 170 valence electrons. The highest BCUT2D eigenvalue weighted by molar-refractivity contribution is 5.94. The van der Waals surface area contributed by atoms with Crippen LogP contribution in [-0.4, -0.2) is 71.6 Å². The smallest absolute Gasteiger partial charge is 0.245 e. The maximum absolute atomic E-state index is 13.7. The monoisotopic (exact) mass is 431 g/mol. The van der Waals surface area contributed by atoms with Gasteiger partial charge in [0.1, 0.15) is 6.04 Å². The van der Waals surface area contributed by atoms with Gasteiger partial charge in [-0.1, -0.05) is 44.2 Å². The van der Waals surface area contributed by atoms with Gasteiger partial charge in [0.15, 0.2) is 0 Å². The summed E-state index contributed by atoms with van der Waals surface area (Å²) in [5.41, 5.74) is 1.75. The number of hydroxylamine groups is 1. The van der Waals surface area contributed by atoms with E-state index in [1.165, 1.54) is 0 Å². The maximum atomic E-state index is 13.7. The number of ether oxygens (including phenoxy) is 1. The molecule has 8 heteroatoms. The molecule has 0 bridgehead atoms. The predicted molar refractivity (Wildman–Crippen MR) is 114 cm³/mol. The summed E-state index contributed by atoms with van der Waals surface area (Å²) in [5, 5.41) is 9.06. The molecule has 2 aliphatic heterocycles. The van der Waals surface area contributed by atoms with Crippen molar-refractivity contribution in [1.29, 1.82) is 0 Å². The molecule has 2 fully saturated rings. The van der Waals surface area contributed by atoms with Crippen molar-refractivity contribution in [2.24, 2.45) is 11.3 Å². The minimum atomic E-state index is -0.902. The van der Waals surface area contributed by atoms with Gasteiger partial charge in [0.25, 0.3) is 0 Å². The van der Waals surface area contributed by atoms with Gasteiger partial charge < -0.3 is 14.5 Å². The van der Waals surface area contributed by atoms with E-state index in [-0.39, 0.29) is 24.2 Å². The van der Waals surface area contributed by atoms with Crippen molar-refractivity contribution in [3.63, 3.8) is 0 Å². The Morgan fingerprint density at radius 1 is 1.16 bits per heavy atom. The van der Waals surface area contributed by atoms with E-state index in [0.717, 1.165) is 5.56 Å². The number of amides is 3. The molecule has 2 atom stereocenters. The van der Waals surface area contributed by atoms with Crippen LogP contribution in [-0.2, 0) is 25.5 Å². The molecule has 0 radical (unpaired) electrons. The molecule has 31 heavy (non-hydrogen) atoms. The van der Waals surface area contributed by atoms with E-state index >= 15 is 0 Å². The molecule has 0 saturated carbocycles. The fourth-order valence-electron chi connectivity index (χ4n) is 4.86. The van der Waals surface area contributed by atoms with Crippen LogP contribution in [0.15, 0.2) is 30.3 Å². The zero-order valence-corrected chi connectivity index (χ0v) is 18.4.